The Labute approximate surface area is 101 Å². The largest absolute Gasteiger partial charge is 0.326 e. The fraction of sp³-hybridized carbons (Fsp3) is 0.200. The van der Waals surface area contributed by atoms with Gasteiger partial charge in [0.05, 0.1) is 10.6 Å². The normalized spacial score (nSPS) is 9.40. The van der Waals surface area contributed by atoms with Crippen LogP contribution in [0, 0.1) is 11.3 Å². The van der Waals surface area contributed by atoms with Crippen LogP contribution >= 0.6 is 27.5 Å². The van der Waals surface area contributed by atoms with E-state index in [0.717, 1.165) is 0 Å². The van der Waals surface area contributed by atoms with Crippen molar-refractivity contribution in [2.24, 2.45) is 0 Å². The van der Waals surface area contributed by atoms with Crippen LogP contribution in [0.3, 0.4) is 0 Å². The Balaban J connectivity index is 2.76. The fourth-order valence-electron chi connectivity index (χ4n) is 0.993. The number of nitriles is 1. The van der Waals surface area contributed by atoms with Crippen LogP contribution in [-0.4, -0.2) is 11.2 Å². The van der Waals surface area contributed by atoms with Crippen molar-refractivity contribution in [1.82, 2.24) is 0 Å². The van der Waals surface area contributed by atoms with E-state index in [4.69, 9.17) is 16.9 Å². The molecule has 0 aliphatic rings. The number of carbonyl (C=O) groups excluding carboxylic acids is 1. The minimum Gasteiger partial charge on any atom is -0.326 e. The second kappa shape index (κ2) is 5.74. The van der Waals surface area contributed by atoms with E-state index in [1.54, 1.807) is 18.2 Å². The molecule has 1 rings (SSSR count). The van der Waals surface area contributed by atoms with E-state index < -0.39 is 0 Å². The van der Waals surface area contributed by atoms with E-state index in [9.17, 15) is 4.79 Å². The molecule has 0 aromatic heterocycles. The summed E-state index contributed by atoms with van der Waals surface area (Å²) in [6.45, 7) is 0. The first-order chi connectivity index (χ1) is 7.17. The van der Waals surface area contributed by atoms with E-state index in [-0.39, 0.29) is 5.91 Å². The third-order valence-corrected chi connectivity index (χ3v) is 2.40. The molecule has 1 aromatic rings. The highest BCUT2D eigenvalue weighted by Crippen LogP contribution is 2.20. The molecule has 0 saturated heterocycles. The number of rotatable bonds is 3. The van der Waals surface area contributed by atoms with Crippen molar-refractivity contribution in [3.63, 3.8) is 0 Å². The van der Waals surface area contributed by atoms with Crippen molar-refractivity contribution in [3.8, 4) is 6.07 Å². The second-order valence-corrected chi connectivity index (χ2v) is 3.99. The lowest BCUT2D eigenvalue weighted by Gasteiger charge is -2.04. The minimum atomic E-state index is -0.0901. The van der Waals surface area contributed by atoms with Gasteiger partial charge in [-0.05, 0) is 18.2 Å². The third kappa shape index (κ3) is 3.54. The summed E-state index contributed by atoms with van der Waals surface area (Å²) in [4.78, 5) is 11.2. The third-order valence-electron chi connectivity index (χ3n) is 1.69. The van der Waals surface area contributed by atoms with Gasteiger partial charge in [-0.1, -0.05) is 27.5 Å². The molecule has 0 atom stereocenters. The maximum atomic E-state index is 11.2. The Morgan fingerprint density at radius 3 is 2.87 bits per heavy atom. The van der Waals surface area contributed by atoms with Gasteiger partial charge in [0.1, 0.15) is 6.07 Å². The zero-order valence-corrected chi connectivity index (χ0v) is 10.1. The molecule has 1 N–H and O–H groups in total. The lowest BCUT2D eigenvalue weighted by molar-refractivity contribution is -0.115. The van der Waals surface area contributed by atoms with Crippen LogP contribution in [0.1, 0.15) is 12.0 Å². The lowest BCUT2D eigenvalue weighted by atomic mass is 10.2. The number of nitrogens with one attached hydrogen (secondary N) is 1. The van der Waals surface area contributed by atoms with Crippen LogP contribution in [0.5, 0.6) is 0 Å². The van der Waals surface area contributed by atoms with Gasteiger partial charge in [-0.2, -0.15) is 5.26 Å². The highest BCUT2D eigenvalue weighted by atomic mass is 79.9. The quantitative estimate of drug-likeness (QED) is 0.869. The zero-order valence-electron chi connectivity index (χ0n) is 7.76. The van der Waals surface area contributed by atoms with Gasteiger partial charge in [-0.15, -0.1) is 0 Å². The summed E-state index contributed by atoms with van der Waals surface area (Å²) in [6, 6.07) is 6.74. The first kappa shape index (κ1) is 12.0. The van der Waals surface area contributed by atoms with Crippen LogP contribution in [0.15, 0.2) is 18.2 Å². The number of amides is 1. The molecule has 15 heavy (non-hydrogen) atoms. The first-order valence-electron chi connectivity index (χ1n) is 4.23. The molecule has 1 amide bonds. The maximum Gasteiger partial charge on any atom is 0.225 e. The zero-order chi connectivity index (χ0) is 11.3. The Morgan fingerprint density at radius 2 is 2.33 bits per heavy atom. The van der Waals surface area contributed by atoms with Gasteiger partial charge >= 0.3 is 0 Å². The molecule has 5 heteroatoms. The van der Waals surface area contributed by atoms with Crippen LogP contribution in [0.25, 0.3) is 0 Å². The minimum absolute atomic E-state index is 0.0901. The molecule has 0 radical (unpaired) electrons. The summed E-state index contributed by atoms with van der Waals surface area (Å²) in [5.41, 5.74) is 1.00. The molecule has 1 aromatic carbocycles. The Bertz CT molecular complexity index is 414. The smallest absolute Gasteiger partial charge is 0.225 e. The van der Waals surface area contributed by atoms with Gasteiger partial charge in [0.25, 0.3) is 0 Å². The maximum absolute atomic E-state index is 11.2. The predicted molar refractivity (Wildman–Crippen MR) is 63.2 cm³/mol. The SMILES string of the molecule is N#Cc1ccc(NC(=O)CCBr)cc1Cl. The molecular weight excluding hydrogens is 279 g/mol. The van der Waals surface area contributed by atoms with Crippen LogP contribution in [-0.2, 0) is 4.79 Å². The number of halogens is 2. The summed E-state index contributed by atoms with van der Waals surface area (Å²) < 4.78 is 0. The first-order valence-corrected chi connectivity index (χ1v) is 5.72. The van der Waals surface area contributed by atoms with Gasteiger partial charge in [0.2, 0.25) is 5.91 Å². The molecule has 78 valence electrons. The number of nitrogens with zero attached hydrogens (tertiary/aromatic N) is 1. The van der Waals surface area contributed by atoms with E-state index >= 15 is 0 Å². The Morgan fingerprint density at radius 1 is 1.60 bits per heavy atom. The standard InChI is InChI=1S/C10H8BrClN2O/c11-4-3-10(15)14-8-2-1-7(6-13)9(12)5-8/h1-2,5H,3-4H2,(H,14,15). The summed E-state index contributed by atoms with van der Waals surface area (Å²) in [5, 5.41) is 12.3. The van der Waals surface area contributed by atoms with Crippen molar-refractivity contribution in [1.29, 1.82) is 5.26 Å². The van der Waals surface area contributed by atoms with Crippen LogP contribution < -0.4 is 5.32 Å². The topological polar surface area (TPSA) is 52.9 Å². The van der Waals surface area contributed by atoms with Gasteiger partial charge < -0.3 is 5.32 Å². The average molecular weight is 288 g/mol. The fourth-order valence-corrected chi connectivity index (χ4v) is 1.58. The predicted octanol–water partition coefficient (Wildman–Crippen LogP) is 2.94. The number of benzene rings is 1. The van der Waals surface area contributed by atoms with Gasteiger partial charge in [0, 0.05) is 17.4 Å². The van der Waals surface area contributed by atoms with E-state index in [1.165, 1.54) is 0 Å². The van der Waals surface area contributed by atoms with Crippen molar-refractivity contribution < 1.29 is 4.79 Å². The molecule has 0 bridgehead atoms. The highest BCUT2D eigenvalue weighted by Gasteiger charge is 2.04. The molecular formula is C10H8BrClN2O. The van der Waals surface area contributed by atoms with Crippen molar-refractivity contribution >= 4 is 39.1 Å². The molecule has 0 saturated carbocycles. The second-order valence-electron chi connectivity index (χ2n) is 2.79. The average Bonchev–Trinajstić information content (AvgIpc) is 2.18. The molecule has 0 heterocycles. The number of hydrogen-bond acceptors (Lipinski definition) is 2. The summed E-state index contributed by atoms with van der Waals surface area (Å²) in [7, 11) is 0. The molecule has 0 spiro atoms. The molecule has 0 fully saturated rings. The highest BCUT2D eigenvalue weighted by molar-refractivity contribution is 9.09. The molecule has 0 unspecified atom stereocenters. The Hall–Kier alpha value is -1.05. The van der Waals surface area contributed by atoms with E-state index in [0.29, 0.717) is 28.0 Å². The summed E-state index contributed by atoms with van der Waals surface area (Å²) in [6.07, 6.45) is 0.400. The van der Waals surface area contributed by atoms with Crippen molar-refractivity contribution in [2.45, 2.75) is 6.42 Å². The van der Waals surface area contributed by atoms with Gasteiger partial charge in [0.15, 0.2) is 0 Å². The van der Waals surface area contributed by atoms with Gasteiger partial charge in [-0.3, -0.25) is 4.79 Å². The molecule has 3 nitrogen and oxygen atoms in total. The number of hydrogen-bond donors (Lipinski definition) is 1. The monoisotopic (exact) mass is 286 g/mol. The summed E-state index contributed by atoms with van der Waals surface area (Å²) in [5.74, 6) is -0.0901. The van der Waals surface area contributed by atoms with E-state index in [2.05, 4.69) is 21.2 Å². The number of carbonyl (C=O) groups is 1. The van der Waals surface area contributed by atoms with Crippen LogP contribution in [0.2, 0.25) is 5.02 Å². The molecule has 0 aliphatic carbocycles. The van der Waals surface area contributed by atoms with Crippen LogP contribution in [0.4, 0.5) is 5.69 Å². The lowest BCUT2D eigenvalue weighted by Crippen LogP contribution is -2.11. The Kier molecular flexibility index (Phi) is 4.60. The van der Waals surface area contributed by atoms with Crippen molar-refractivity contribution in [2.75, 3.05) is 10.6 Å². The summed E-state index contributed by atoms with van der Waals surface area (Å²) >= 11 is 8.98. The van der Waals surface area contributed by atoms with E-state index in [1.807, 2.05) is 6.07 Å². The van der Waals surface area contributed by atoms with Crippen molar-refractivity contribution in [3.05, 3.63) is 28.8 Å². The number of anilines is 1. The van der Waals surface area contributed by atoms with Gasteiger partial charge in [-0.25, -0.2) is 0 Å². The number of alkyl halides is 1. The molecule has 0 aliphatic heterocycles.